The summed E-state index contributed by atoms with van der Waals surface area (Å²) < 4.78 is 0. The van der Waals surface area contributed by atoms with Crippen LogP contribution in [0.15, 0.2) is 29.2 Å². The van der Waals surface area contributed by atoms with Crippen molar-refractivity contribution >= 4 is 23.4 Å². The summed E-state index contributed by atoms with van der Waals surface area (Å²) in [6.45, 7) is 5.30. The van der Waals surface area contributed by atoms with Crippen LogP contribution in [0, 0.1) is 5.92 Å². The standard InChI is InChI=1S/C14H21NO2S/c1-4-8-15(10-11(2)14(16)17)12-6-5-7-13(9-12)18-3/h5-7,9,11H,4,8,10H2,1-3H3,(H,16,17). The van der Waals surface area contributed by atoms with E-state index in [1.54, 1.807) is 18.7 Å². The average Bonchev–Trinajstić information content (AvgIpc) is 2.38. The van der Waals surface area contributed by atoms with Crippen LogP contribution in [0.3, 0.4) is 0 Å². The van der Waals surface area contributed by atoms with Gasteiger partial charge in [-0.05, 0) is 30.9 Å². The van der Waals surface area contributed by atoms with Crippen molar-refractivity contribution in [2.75, 3.05) is 24.2 Å². The lowest BCUT2D eigenvalue weighted by Crippen LogP contribution is -2.32. The van der Waals surface area contributed by atoms with Crippen molar-refractivity contribution in [1.82, 2.24) is 0 Å². The van der Waals surface area contributed by atoms with Crippen molar-refractivity contribution in [2.45, 2.75) is 25.2 Å². The Labute approximate surface area is 113 Å². The second kappa shape index (κ2) is 7.31. The lowest BCUT2D eigenvalue weighted by Gasteiger charge is -2.26. The Morgan fingerprint density at radius 2 is 2.22 bits per heavy atom. The molecule has 0 bridgehead atoms. The van der Waals surface area contributed by atoms with E-state index in [-0.39, 0.29) is 5.92 Å². The highest BCUT2D eigenvalue weighted by Gasteiger charge is 2.16. The maximum Gasteiger partial charge on any atom is 0.308 e. The molecule has 0 aromatic heterocycles. The molecule has 0 aliphatic carbocycles. The van der Waals surface area contributed by atoms with Crippen LogP contribution in [0.2, 0.25) is 0 Å². The largest absolute Gasteiger partial charge is 0.481 e. The van der Waals surface area contributed by atoms with E-state index in [2.05, 4.69) is 24.0 Å². The molecule has 0 fully saturated rings. The van der Waals surface area contributed by atoms with Crippen LogP contribution in [-0.4, -0.2) is 30.4 Å². The zero-order chi connectivity index (χ0) is 13.5. The van der Waals surface area contributed by atoms with E-state index in [9.17, 15) is 4.79 Å². The predicted octanol–water partition coefficient (Wildman–Crippen LogP) is 3.35. The number of hydrogen-bond acceptors (Lipinski definition) is 3. The minimum Gasteiger partial charge on any atom is -0.481 e. The first-order valence-corrected chi connectivity index (χ1v) is 7.42. The second-order valence-electron chi connectivity index (χ2n) is 4.39. The van der Waals surface area contributed by atoms with Crippen LogP contribution in [0.5, 0.6) is 0 Å². The number of hydrogen-bond donors (Lipinski definition) is 1. The van der Waals surface area contributed by atoms with E-state index >= 15 is 0 Å². The summed E-state index contributed by atoms with van der Waals surface area (Å²) in [6, 6.07) is 8.26. The smallest absolute Gasteiger partial charge is 0.308 e. The number of anilines is 1. The normalized spacial score (nSPS) is 12.2. The molecule has 0 radical (unpaired) electrons. The predicted molar refractivity (Wildman–Crippen MR) is 77.5 cm³/mol. The molecule has 0 aliphatic heterocycles. The van der Waals surface area contributed by atoms with Crippen molar-refractivity contribution in [3.8, 4) is 0 Å². The zero-order valence-electron chi connectivity index (χ0n) is 11.2. The van der Waals surface area contributed by atoms with Gasteiger partial charge in [0.15, 0.2) is 0 Å². The second-order valence-corrected chi connectivity index (χ2v) is 5.27. The molecule has 0 spiro atoms. The van der Waals surface area contributed by atoms with E-state index in [4.69, 9.17) is 5.11 Å². The molecule has 3 nitrogen and oxygen atoms in total. The molecule has 1 rings (SSSR count). The molecular weight excluding hydrogens is 246 g/mol. The molecule has 0 amide bonds. The first kappa shape index (κ1) is 14.9. The fourth-order valence-corrected chi connectivity index (χ4v) is 2.26. The third-order valence-electron chi connectivity index (χ3n) is 2.83. The van der Waals surface area contributed by atoms with E-state index in [0.717, 1.165) is 18.7 Å². The van der Waals surface area contributed by atoms with Crippen LogP contribution in [0.25, 0.3) is 0 Å². The summed E-state index contributed by atoms with van der Waals surface area (Å²) in [7, 11) is 0. The third kappa shape index (κ3) is 4.26. The molecule has 0 saturated carbocycles. The van der Waals surface area contributed by atoms with Gasteiger partial charge in [-0.3, -0.25) is 4.79 Å². The zero-order valence-corrected chi connectivity index (χ0v) is 12.0. The first-order chi connectivity index (χ1) is 8.58. The van der Waals surface area contributed by atoms with Crippen LogP contribution < -0.4 is 4.90 Å². The Hall–Kier alpha value is -1.16. The van der Waals surface area contributed by atoms with Crippen LogP contribution in [0.1, 0.15) is 20.3 Å². The molecule has 1 aromatic rings. The molecule has 0 aliphatic rings. The summed E-state index contributed by atoms with van der Waals surface area (Å²) in [5.41, 5.74) is 1.11. The number of carboxylic acids is 1. The lowest BCUT2D eigenvalue weighted by molar-refractivity contribution is -0.140. The highest BCUT2D eigenvalue weighted by atomic mass is 32.2. The summed E-state index contributed by atoms with van der Waals surface area (Å²) in [5, 5.41) is 9.02. The van der Waals surface area contributed by atoms with Gasteiger partial charge in [0.05, 0.1) is 5.92 Å². The quantitative estimate of drug-likeness (QED) is 0.769. The minimum atomic E-state index is -0.739. The van der Waals surface area contributed by atoms with Gasteiger partial charge in [-0.25, -0.2) is 0 Å². The topological polar surface area (TPSA) is 40.5 Å². The van der Waals surface area contributed by atoms with Crippen LogP contribution >= 0.6 is 11.8 Å². The molecule has 0 heterocycles. The van der Waals surface area contributed by atoms with Crippen molar-refractivity contribution < 1.29 is 9.90 Å². The van der Waals surface area contributed by atoms with Crippen molar-refractivity contribution in [3.05, 3.63) is 24.3 Å². The van der Waals surface area contributed by atoms with E-state index in [1.807, 2.05) is 18.4 Å². The van der Waals surface area contributed by atoms with Crippen molar-refractivity contribution in [2.24, 2.45) is 5.92 Å². The van der Waals surface area contributed by atoms with Gasteiger partial charge in [0.1, 0.15) is 0 Å². The van der Waals surface area contributed by atoms with Gasteiger partial charge >= 0.3 is 5.97 Å². The van der Waals surface area contributed by atoms with E-state index in [0.29, 0.717) is 6.54 Å². The summed E-state index contributed by atoms with van der Waals surface area (Å²) in [6.07, 6.45) is 3.05. The minimum absolute atomic E-state index is 0.352. The number of benzene rings is 1. The Bertz CT molecular complexity index is 395. The van der Waals surface area contributed by atoms with Gasteiger partial charge in [0.2, 0.25) is 0 Å². The molecule has 4 heteroatoms. The molecular formula is C14H21NO2S. The molecule has 1 atom stereocenters. The number of rotatable bonds is 7. The lowest BCUT2D eigenvalue weighted by atomic mass is 10.1. The SMILES string of the molecule is CCCN(CC(C)C(=O)O)c1cccc(SC)c1. The van der Waals surface area contributed by atoms with E-state index in [1.165, 1.54) is 4.90 Å². The third-order valence-corrected chi connectivity index (χ3v) is 3.55. The summed E-state index contributed by atoms with van der Waals surface area (Å²) in [4.78, 5) is 14.3. The van der Waals surface area contributed by atoms with Gasteiger partial charge in [-0.1, -0.05) is 19.9 Å². The van der Waals surface area contributed by atoms with Crippen molar-refractivity contribution in [1.29, 1.82) is 0 Å². The Morgan fingerprint density at radius 1 is 1.50 bits per heavy atom. The Kier molecular flexibility index (Phi) is 6.05. The number of nitrogens with zero attached hydrogens (tertiary/aromatic N) is 1. The van der Waals surface area contributed by atoms with Gasteiger partial charge in [0, 0.05) is 23.7 Å². The van der Waals surface area contributed by atoms with E-state index < -0.39 is 5.97 Å². The molecule has 18 heavy (non-hydrogen) atoms. The fraction of sp³-hybridized carbons (Fsp3) is 0.500. The molecule has 1 N–H and O–H groups in total. The summed E-state index contributed by atoms with van der Waals surface area (Å²) in [5.74, 6) is -1.09. The fourth-order valence-electron chi connectivity index (χ4n) is 1.81. The Balaban J connectivity index is 2.85. The molecule has 1 unspecified atom stereocenters. The number of carboxylic acid groups (broad SMARTS) is 1. The first-order valence-electron chi connectivity index (χ1n) is 6.20. The number of aliphatic carboxylic acids is 1. The highest BCUT2D eigenvalue weighted by Crippen LogP contribution is 2.23. The number of carbonyl (C=O) groups is 1. The molecule has 0 saturated heterocycles. The molecule has 1 aromatic carbocycles. The van der Waals surface area contributed by atoms with Gasteiger partial charge < -0.3 is 10.0 Å². The van der Waals surface area contributed by atoms with Crippen molar-refractivity contribution in [3.63, 3.8) is 0 Å². The highest BCUT2D eigenvalue weighted by molar-refractivity contribution is 7.98. The number of thioether (sulfide) groups is 1. The Morgan fingerprint density at radius 3 is 2.78 bits per heavy atom. The van der Waals surface area contributed by atoms with Gasteiger partial charge in [0.25, 0.3) is 0 Å². The van der Waals surface area contributed by atoms with Gasteiger partial charge in [-0.2, -0.15) is 0 Å². The summed E-state index contributed by atoms with van der Waals surface area (Å²) >= 11 is 1.70. The monoisotopic (exact) mass is 267 g/mol. The average molecular weight is 267 g/mol. The van der Waals surface area contributed by atoms with Crippen LogP contribution in [-0.2, 0) is 4.79 Å². The maximum atomic E-state index is 11.0. The maximum absolute atomic E-state index is 11.0. The van der Waals surface area contributed by atoms with Gasteiger partial charge in [-0.15, -0.1) is 11.8 Å². The van der Waals surface area contributed by atoms with Crippen LogP contribution in [0.4, 0.5) is 5.69 Å². The molecule has 100 valence electrons.